The largest absolute Gasteiger partial charge is 0.456 e. The Hall–Kier alpha value is -7.41. The van der Waals surface area contributed by atoms with E-state index in [0.717, 1.165) is 76.7 Å². The van der Waals surface area contributed by atoms with Crippen LogP contribution < -0.4 is 0 Å². The van der Waals surface area contributed by atoms with Crippen LogP contribution in [0, 0.1) is 6.92 Å². The molecule has 0 N–H and O–H groups in total. The highest BCUT2D eigenvalue weighted by Crippen LogP contribution is 2.47. The number of furan rings is 1. The normalized spacial score (nSPS) is 11.9. The summed E-state index contributed by atoms with van der Waals surface area (Å²) in [4.78, 5) is 15.5. The van der Waals surface area contributed by atoms with E-state index >= 15 is 0 Å². The van der Waals surface area contributed by atoms with Crippen molar-refractivity contribution in [2.75, 3.05) is 0 Å². The van der Waals surface area contributed by atoms with Crippen molar-refractivity contribution in [3.8, 4) is 51.0 Å². The minimum Gasteiger partial charge on any atom is -0.456 e. The molecule has 0 amide bonds. The molecule has 0 saturated carbocycles. The lowest BCUT2D eigenvalue weighted by molar-refractivity contribution is 0.669. The molecule has 274 valence electrons. The van der Waals surface area contributed by atoms with Gasteiger partial charge in [0.25, 0.3) is 0 Å². The molecule has 7 aromatic carbocycles. The molecule has 0 fully saturated rings. The highest BCUT2D eigenvalue weighted by atomic mass is 32.1. The van der Waals surface area contributed by atoms with Crippen LogP contribution in [0.1, 0.15) is 11.3 Å². The molecule has 0 aliphatic carbocycles. The number of hydrogen-bond acceptors (Lipinski definition) is 5. The summed E-state index contributed by atoms with van der Waals surface area (Å²) in [6.07, 6.45) is 5.98. The number of thiophene rings is 1. The zero-order valence-electron chi connectivity index (χ0n) is 31.6. The maximum atomic E-state index is 6.44. The fraction of sp³-hybridized carbons (Fsp3) is 0.0192. The summed E-state index contributed by atoms with van der Waals surface area (Å²) in [6.45, 7) is 6.14. The quantitative estimate of drug-likeness (QED) is 0.152. The molecule has 0 atom stereocenters. The van der Waals surface area contributed by atoms with Crippen LogP contribution in [-0.2, 0) is 0 Å². The lowest BCUT2D eigenvalue weighted by Gasteiger charge is -2.13. The third kappa shape index (κ3) is 5.49. The van der Waals surface area contributed by atoms with Crippen molar-refractivity contribution in [3.63, 3.8) is 0 Å². The van der Waals surface area contributed by atoms with E-state index < -0.39 is 0 Å². The fourth-order valence-corrected chi connectivity index (χ4v) is 9.53. The molecule has 0 saturated heterocycles. The van der Waals surface area contributed by atoms with Crippen molar-refractivity contribution in [1.29, 1.82) is 0 Å². The first kappa shape index (κ1) is 33.9. The molecule has 4 aromatic heterocycles. The Morgan fingerprint density at radius 1 is 0.569 bits per heavy atom. The van der Waals surface area contributed by atoms with Crippen LogP contribution in [0.4, 0.5) is 0 Å². The first-order chi connectivity index (χ1) is 28.6. The van der Waals surface area contributed by atoms with Gasteiger partial charge in [0, 0.05) is 64.4 Å². The Balaban J connectivity index is 1.22. The number of para-hydroxylation sites is 2. The number of benzene rings is 7. The van der Waals surface area contributed by atoms with Crippen LogP contribution in [0.25, 0.3) is 110 Å². The van der Waals surface area contributed by atoms with Gasteiger partial charge in [-0.2, -0.15) is 0 Å². The van der Waals surface area contributed by atoms with Crippen molar-refractivity contribution < 1.29 is 4.42 Å². The molecule has 6 heteroatoms. The summed E-state index contributed by atoms with van der Waals surface area (Å²) in [6, 6.07) is 54.9. The minimum atomic E-state index is 0.624. The monoisotopic (exact) mass is 762 g/mol. The smallest absolute Gasteiger partial charge is 0.165 e. The predicted molar refractivity (Wildman–Crippen MR) is 243 cm³/mol. The molecule has 11 rings (SSSR count). The minimum absolute atomic E-state index is 0.624. The van der Waals surface area contributed by atoms with Crippen LogP contribution in [0.3, 0.4) is 0 Å². The second kappa shape index (κ2) is 13.7. The molecule has 0 aliphatic rings. The van der Waals surface area contributed by atoms with E-state index in [1.165, 1.54) is 21.0 Å². The van der Waals surface area contributed by atoms with Gasteiger partial charge in [0.15, 0.2) is 17.5 Å². The molecule has 11 aromatic rings. The van der Waals surface area contributed by atoms with Gasteiger partial charge in [-0.3, -0.25) is 0 Å². The Bertz CT molecular complexity index is 3370. The van der Waals surface area contributed by atoms with Gasteiger partial charge in [-0.15, -0.1) is 11.3 Å². The third-order valence-electron chi connectivity index (χ3n) is 11.0. The van der Waals surface area contributed by atoms with Gasteiger partial charge >= 0.3 is 0 Å². The predicted octanol–water partition coefficient (Wildman–Crippen LogP) is 14.3. The van der Waals surface area contributed by atoms with Gasteiger partial charge in [-0.25, -0.2) is 15.0 Å². The lowest BCUT2D eigenvalue weighted by Crippen LogP contribution is -2.00. The van der Waals surface area contributed by atoms with E-state index in [1.807, 2.05) is 60.7 Å². The van der Waals surface area contributed by atoms with Gasteiger partial charge in [-0.1, -0.05) is 128 Å². The molecular weight excluding hydrogens is 729 g/mol. The maximum Gasteiger partial charge on any atom is 0.165 e. The van der Waals surface area contributed by atoms with E-state index in [0.29, 0.717) is 17.5 Å². The van der Waals surface area contributed by atoms with Gasteiger partial charge in [0.1, 0.15) is 11.2 Å². The van der Waals surface area contributed by atoms with Crippen molar-refractivity contribution in [2.24, 2.45) is 0 Å². The topological polar surface area (TPSA) is 56.7 Å². The second-order valence-corrected chi connectivity index (χ2v) is 15.5. The summed E-state index contributed by atoms with van der Waals surface area (Å²) in [5.74, 6) is 1.88. The van der Waals surface area contributed by atoms with E-state index in [4.69, 9.17) is 19.4 Å². The Morgan fingerprint density at radius 3 is 2.00 bits per heavy atom. The van der Waals surface area contributed by atoms with Gasteiger partial charge in [-0.05, 0) is 78.2 Å². The van der Waals surface area contributed by atoms with Crippen molar-refractivity contribution in [1.82, 2.24) is 19.5 Å². The van der Waals surface area contributed by atoms with Gasteiger partial charge in [0.2, 0.25) is 0 Å². The molecule has 0 spiro atoms. The van der Waals surface area contributed by atoms with Gasteiger partial charge < -0.3 is 8.98 Å². The average Bonchev–Trinajstić information content (AvgIpc) is 3.94. The third-order valence-corrected chi connectivity index (χ3v) is 12.2. The van der Waals surface area contributed by atoms with E-state index in [2.05, 4.69) is 133 Å². The molecule has 4 heterocycles. The zero-order valence-corrected chi connectivity index (χ0v) is 32.4. The van der Waals surface area contributed by atoms with Crippen LogP contribution >= 0.6 is 11.3 Å². The van der Waals surface area contributed by atoms with Crippen LogP contribution in [-0.4, -0.2) is 19.5 Å². The highest BCUT2D eigenvalue weighted by molar-refractivity contribution is 7.26. The number of allylic oxidation sites excluding steroid dienone is 2. The maximum absolute atomic E-state index is 6.44. The molecule has 58 heavy (non-hydrogen) atoms. The molecule has 0 radical (unpaired) electrons. The summed E-state index contributed by atoms with van der Waals surface area (Å²) in [5, 5.41) is 5.75. The number of aromatic nitrogens is 4. The first-order valence-electron chi connectivity index (χ1n) is 19.3. The number of aryl methyl sites for hydroxylation is 1. The second-order valence-electron chi connectivity index (χ2n) is 14.5. The molecule has 0 bridgehead atoms. The van der Waals surface area contributed by atoms with Gasteiger partial charge in [0.05, 0.1) is 5.52 Å². The molecule has 5 nitrogen and oxygen atoms in total. The number of rotatable bonds is 7. The van der Waals surface area contributed by atoms with Crippen molar-refractivity contribution in [3.05, 3.63) is 188 Å². The molecule has 0 aliphatic heterocycles. The zero-order chi connectivity index (χ0) is 38.7. The van der Waals surface area contributed by atoms with E-state index in [1.54, 1.807) is 11.3 Å². The number of nitrogens with zero attached hydrogens (tertiary/aromatic N) is 4. The molecular formula is C52H34N4OS. The first-order valence-corrected chi connectivity index (χ1v) is 20.1. The fourth-order valence-electron chi connectivity index (χ4n) is 8.33. The number of fused-ring (bicyclic) bond motifs is 8. The summed E-state index contributed by atoms with van der Waals surface area (Å²) in [5.41, 5.74) is 11.3. The SMILES string of the molecule is C=C/C=C\c1c(C)c2ccccc2n1-c1cccc(-c2cc(-c3nc(-c4ccccc4)nc(-c4ccccc4)n3)c3sc4ccc5oc6ccccc6c5c4c3c2)c1. The van der Waals surface area contributed by atoms with Crippen molar-refractivity contribution >= 4 is 70.4 Å². The van der Waals surface area contributed by atoms with E-state index in [-0.39, 0.29) is 0 Å². The Morgan fingerprint density at radius 2 is 1.24 bits per heavy atom. The lowest BCUT2D eigenvalue weighted by atomic mass is 9.97. The molecule has 0 unspecified atom stereocenters. The van der Waals surface area contributed by atoms with E-state index in [9.17, 15) is 0 Å². The van der Waals surface area contributed by atoms with Crippen molar-refractivity contribution in [2.45, 2.75) is 6.92 Å². The number of hydrogen-bond donors (Lipinski definition) is 0. The standard InChI is InChI=1S/C52H34N4OS/c1-3-4-24-42-32(2)38-22-11-13-25-43(38)56(42)37-21-15-20-35(29-37)36-30-40-48-46(28-27-45-47(48)39-23-12-14-26-44(39)57-45)58-49(40)41(31-36)52-54-50(33-16-7-5-8-17-33)53-51(55-52)34-18-9-6-10-19-34/h3-31H,1H2,2H3/b24-4-. The Labute approximate surface area is 338 Å². The Kier molecular flexibility index (Phi) is 7.98. The summed E-state index contributed by atoms with van der Waals surface area (Å²) >= 11 is 1.77. The average molecular weight is 763 g/mol. The van der Waals surface area contributed by atoms with Crippen LogP contribution in [0.15, 0.2) is 181 Å². The van der Waals surface area contributed by atoms with Crippen LogP contribution in [0.2, 0.25) is 0 Å². The summed E-state index contributed by atoms with van der Waals surface area (Å²) in [7, 11) is 0. The summed E-state index contributed by atoms with van der Waals surface area (Å²) < 4.78 is 11.1. The highest BCUT2D eigenvalue weighted by Gasteiger charge is 2.22. The van der Waals surface area contributed by atoms with Crippen LogP contribution in [0.5, 0.6) is 0 Å².